The molecule has 0 aromatic carbocycles. The molecular formula is C17H15N5O3S. The normalized spacial score (nSPS) is 11.7. The van der Waals surface area contributed by atoms with E-state index in [0.717, 1.165) is 4.88 Å². The molecule has 0 saturated heterocycles. The van der Waals surface area contributed by atoms with Gasteiger partial charge in [0.25, 0.3) is 11.8 Å². The highest BCUT2D eigenvalue weighted by molar-refractivity contribution is 7.09. The lowest BCUT2D eigenvalue weighted by atomic mass is 10.1. The van der Waals surface area contributed by atoms with Gasteiger partial charge < -0.3 is 11.1 Å². The number of nitrogens with zero attached hydrogens (tertiary/aromatic N) is 3. The van der Waals surface area contributed by atoms with Crippen LogP contribution in [-0.4, -0.2) is 38.2 Å². The van der Waals surface area contributed by atoms with Gasteiger partial charge in [0.1, 0.15) is 11.9 Å². The summed E-state index contributed by atoms with van der Waals surface area (Å²) >= 11 is 1.42. The Hall–Kier alpha value is -3.33. The maximum Gasteiger partial charge on any atom is 0.288 e. The van der Waals surface area contributed by atoms with E-state index in [9.17, 15) is 14.4 Å². The highest BCUT2D eigenvalue weighted by Gasteiger charge is 2.27. The average molecular weight is 369 g/mol. The maximum atomic E-state index is 12.6. The number of primary amides is 1. The Bertz CT molecular complexity index is 921. The van der Waals surface area contributed by atoms with E-state index in [1.165, 1.54) is 22.1 Å². The monoisotopic (exact) mass is 369 g/mol. The zero-order valence-electron chi connectivity index (χ0n) is 13.5. The summed E-state index contributed by atoms with van der Waals surface area (Å²) in [6.07, 6.45) is 4.80. The lowest BCUT2D eigenvalue weighted by molar-refractivity contribution is -0.137. The first-order valence-electron chi connectivity index (χ1n) is 7.68. The quantitative estimate of drug-likeness (QED) is 0.595. The molecule has 3 rings (SSSR count). The molecule has 9 heteroatoms. The van der Waals surface area contributed by atoms with Gasteiger partial charge in [0.05, 0.1) is 0 Å². The van der Waals surface area contributed by atoms with E-state index in [1.807, 2.05) is 17.5 Å². The minimum Gasteiger partial charge on any atom is -0.363 e. The molecule has 3 aromatic rings. The van der Waals surface area contributed by atoms with Crippen LogP contribution < -0.4 is 11.1 Å². The lowest BCUT2D eigenvalue weighted by Crippen LogP contribution is -2.47. The van der Waals surface area contributed by atoms with Gasteiger partial charge in [-0.05, 0) is 23.6 Å². The van der Waals surface area contributed by atoms with Crippen LogP contribution >= 0.6 is 11.3 Å². The number of nitrogens with two attached hydrogens (primary N) is 1. The van der Waals surface area contributed by atoms with Crippen LogP contribution in [0.3, 0.4) is 0 Å². The molecule has 0 spiro atoms. The second-order valence-electron chi connectivity index (χ2n) is 5.35. The molecule has 2 amide bonds. The number of rotatable bonds is 7. The predicted molar refractivity (Wildman–Crippen MR) is 94.8 cm³/mol. The number of imidazole rings is 1. The Balaban J connectivity index is 1.83. The van der Waals surface area contributed by atoms with Gasteiger partial charge in [-0.1, -0.05) is 12.1 Å². The van der Waals surface area contributed by atoms with Crippen LogP contribution in [0.15, 0.2) is 54.3 Å². The number of pyridine rings is 1. The van der Waals surface area contributed by atoms with E-state index in [0.29, 0.717) is 5.82 Å². The molecule has 1 unspecified atom stereocenters. The third-order valence-corrected chi connectivity index (χ3v) is 4.49. The number of thiophene rings is 1. The van der Waals surface area contributed by atoms with E-state index in [-0.39, 0.29) is 12.2 Å². The summed E-state index contributed by atoms with van der Waals surface area (Å²) in [5, 5.41) is 4.40. The van der Waals surface area contributed by atoms with Gasteiger partial charge in [-0.3, -0.25) is 19.0 Å². The first-order valence-corrected chi connectivity index (χ1v) is 8.56. The number of aromatic nitrogens is 3. The van der Waals surface area contributed by atoms with Crippen LogP contribution in [0.25, 0.3) is 5.82 Å². The number of carbonyl (C=O) groups is 3. The van der Waals surface area contributed by atoms with Gasteiger partial charge in [0.15, 0.2) is 0 Å². The van der Waals surface area contributed by atoms with Gasteiger partial charge >= 0.3 is 0 Å². The third kappa shape index (κ3) is 3.83. The molecule has 3 aromatic heterocycles. The number of hydrogen-bond donors (Lipinski definition) is 2. The number of hydrogen-bond acceptors (Lipinski definition) is 6. The summed E-state index contributed by atoms with van der Waals surface area (Å²) in [7, 11) is 0. The zero-order chi connectivity index (χ0) is 18.5. The first-order chi connectivity index (χ1) is 12.6. The van der Waals surface area contributed by atoms with Crippen molar-refractivity contribution < 1.29 is 14.4 Å². The third-order valence-electron chi connectivity index (χ3n) is 3.59. The Labute approximate surface area is 152 Å². The Morgan fingerprint density at radius 1 is 1.15 bits per heavy atom. The molecule has 0 bridgehead atoms. The van der Waals surface area contributed by atoms with Crippen molar-refractivity contribution in [2.45, 2.75) is 12.5 Å². The van der Waals surface area contributed by atoms with Crippen LogP contribution in [0.2, 0.25) is 0 Å². The number of amides is 2. The van der Waals surface area contributed by atoms with E-state index < -0.39 is 23.6 Å². The molecule has 0 radical (unpaired) electrons. The summed E-state index contributed by atoms with van der Waals surface area (Å²) in [6, 6.07) is 7.82. The summed E-state index contributed by atoms with van der Waals surface area (Å²) in [5.41, 5.74) is 5.11. The molecule has 3 heterocycles. The van der Waals surface area contributed by atoms with Crippen LogP contribution in [0, 0.1) is 0 Å². The van der Waals surface area contributed by atoms with Gasteiger partial charge in [-0.25, -0.2) is 9.97 Å². The zero-order valence-corrected chi connectivity index (χ0v) is 14.3. The summed E-state index contributed by atoms with van der Waals surface area (Å²) in [6.45, 7) is 0. The number of nitrogens with one attached hydrogen (secondary N) is 1. The second kappa shape index (κ2) is 7.70. The summed E-state index contributed by atoms with van der Waals surface area (Å²) < 4.78 is 1.49. The number of carbonyl (C=O) groups excluding carboxylic acids is 3. The van der Waals surface area contributed by atoms with E-state index >= 15 is 0 Å². The fraction of sp³-hybridized carbons (Fsp3) is 0.118. The molecule has 0 aliphatic carbocycles. The van der Waals surface area contributed by atoms with Gasteiger partial charge in [-0.15, -0.1) is 11.3 Å². The molecule has 0 aliphatic heterocycles. The van der Waals surface area contributed by atoms with Crippen molar-refractivity contribution in [1.82, 2.24) is 19.9 Å². The largest absolute Gasteiger partial charge is 0.363 e. The van der Waals surface area contributed by atoms with Crippen molar-refractivity contribution in [1.29, 1.82) is 0 Å². The van der Waals surface area contributed by atoms with Crippen LogP contribution in [0.5, 0.6) is 0 Å². The van der Waals surface area contributed by atoms with Crippen molar-refractivity contribution >= 4 is 28.9 Å². The Morgan fingerprint density at radius 3 is 2.65 bits per heavy atom. The topological polar surface area (TPSA) is 120 Å². The Kier molecular flexibility index (Phi) is 5.18. The average Bonchev–Trinajstić information content (AvgIpc) is 3.32. The van der Waals surface area contributed by atoms with Crippen LogP contribution in [-0.2, 0) is 16.0 Å². The fourth-order valence-corrected chi connectivity index (χ4v) is 3.14. The number of Topliss-reactive ketones (excluding diaryl/α,β-unsaturated/α-hetero) is 1. The molecule has 8 nitrogen and oxygen atoms in total. The van der Waals surface area contributed by atoms with Gasteiger partial charge in [-0.2, -0.15) is 0 Å². The molecule has 0 saturated carbocycles. The van der Waals surface area contributed by atoms with Gasteiger partial charge in [0.2, 0.25) is 11.6 Å². The van der Waals surface area contributed by atoms with Crippen molar-refractivity contribution in [2.75, 3.05) is 0 Å². The molecule has 132 valence electrons. The SMILES string of the molecule is NC(=O)C(=O)C(Cc1cccs1)NC(=O)c1nccn1-c1ccccn1. The predicted octanol–water partition coefficient (Wildman–Crippen LogP) is 0.724. The van der Waals surface area contributed by atoms with E-state index in [4.69, 9.17) is 5.73 Å². The maximum absolute atomic E-state index is 12.6. The standard InChI is InChI=1S/C17H15N5O3S/c18-15(24)14(23)12(10-11-4-3-9-26-11)21-17(25)16-20-7-8-22(16)13-5-1-2-6-19-13/h1-9,12H,10H2,(H2,18,24)(H,21,25). The molecular weight excluding hydrogens is 354 g/mol. The first kappa shape index (κ1) is 17.5. The number of ketones is 1. The fourth-order valence-electron chi connectivity index (χ4n) is 2.39. The van der Waals surface area contributed by atoms with Crippen molar-refractivity contribution in [3.05, 3.63) is 65.0 Å². The van der Waals surface area contributed by atoms with Crippen LogP contribution in [0.1, 0.15) is 15.5 Å². The van der Waals surface area contributed by atoms with E-state index in [1.54, 1.807) is 30.6 Å². The molecule has 0 fully saturated rings. The van der Waals surface area contributed by atoms with E-state index in [2.05, 4.69) is 15.3 Å². The summed E-state index contributed by atoms with van der Waals surface area (Å²) in [4.78, 5) is 45.1. The molecule has 0 aliphatic rings. The minimum atomic E-state index is -1.10. The smallest absolute Gasteiger partial charge is 0.288 e. The molecule has 3 N–H and O–H groups in total. The van der Waals surface area contributed by atoms with Crippen molar-refractivity contribution in [2.24, 2.45) is 5.73 Å². The molecule has 1 atom stereocenters. The van der Waals surface area contributed by atoms with Gasteiger partial charge in [0, 0.05) is 29.9 Å². The summed E-state index contributed by atoms with van der Waals surface area (Å²) in [5.74, 6) is -2.00. The van der Waals surface area contributed by atoms with Crippen molar-refractivity contribution in [3.63, 3.8) is 0 Å². The lowest BCUT2D eigenvalue weighted by Gasteiger charge is -2.15. The minimum absolute atomic E-state index is 0.0529. The highest BCUT2D eigenvalue weighted by Crippen LogP contribution is 2.13. The van der Waals surface area contributed by atoms with Crippen LogP contribution in [0.4, 0.5) is 0 Å². The Morgan fingerprint density at radius 2 is 2.00 bits per heavy atom. The second-order valence-corrected chi connectivity index (χ2v) is 6.38. The van der Waals surface area contributed by atoms with Crippen molar-refractivity contribution in [3.8, 4) is 5.82 Å². The molecule has 26 heavy (non-hydrogen) atoms. The highest BCUT2D eigenvalue weighted by atomic mass is 32.1.